The Morgan fingerprint density at radius 3 is 2.09 bits per heavy atom. The quantitative estimate of drug-likeness (QED) is 0.297. The van der Waals surface area contributed by atoms with Crippen molar-refractivity contribution in [2.45, 2.75) is 97.3 Å². The Morgan fingerprint density at radius 1 is 1.05 bits per heavy atom. The lowest BCUT2D eigenvalue weighted by Crippen LogP contribution is -2.43. The highest BCUT2D eigenvalue weighted by molar-refractivity contribution is 6.83. The molecule has 0 N–H and O–H groups in total. The maximum Gasteiger partial charge on any atom is 0.192 e. The third kappa shape index (κ3) is 9.66. The summed E-state index contributed by atoms with van der Waals surface area (Å²) < 4.78 is 6.58. The number of allylic oxidation sites excluding steroid dienone is 1. The van der Waals surface area contributed by atoms with Gasteiger partial charge in [0.25, 0.3) is 0 Å². The molecule has 1 atom stereocenters. The van der Waals surface area contributed by atoms with Crippen molar-refractivity contribution in [3.8, 4) is 11.5 Å². The van der Waals surface area contributed by atoms with Crippen molar-refractivity contribution >= 4 is 16.4 Å². The van der Waals surface area contributed by atoms with E-state index in [1.54, 1.807) is 0 Å². The molecule has 0 radical (unpaired) electrons. The highest BCUT2D eigenvalue weighted by Crippen LogP contribution is 2.37. The molecule has 0 heterocycles. The maximum atomic E-state index is 6.58. The molecular formula is C19H38OSi2. The number of hydrogen-bond donors (Lipinski definition) is 0. The van der Waals surface area contributed by atoms with Crippen LogP contribution in [-0.2, 0) is 4.43 Å². The standard InChI is InChI=1S/C19H38OSi2/c1-10-11-12-15-18(16-13-14-17-21(5,6)7)20-22(8,9)19(2,3)4/h13,16,18H,10-12,15H2,1-9H3/b16-13-. The van der Waals surface area contributed by atoms with E-state index in [1.165, 1.54) is 19.3 Å². The topological polar surface area (TPSA) is 9.23 Å². The van der Waals surface area contributed by atoms with E-state index in [0.717, 1.165) is 6.42 Å². The number of rotatable bonds is 7. The Bertz CT molecular complexity index is 400. The Labute approximate surface area is 142 Å². The van der Waals surface area contributed by atoms with Gasteiger partial charge in [0.05, 0.1) is 6.10 Å². The summed E-state index contributed by atoms with van der Waals surface area (Å²) in [6.45, 7) is 20.7. The van der Waals surface area contributed by atoms with E-state index in [0.29, 0.717) is 0 Å². The Morgan fingerprint density at radius 2 is 1.64 bits per heavy atom. The van der Waals surface area contributed by atoms with Crippen molar-refractivity contribution < 1.29 is 4.43 Å². The van der Waals surface area contributed by atoms with Crippen molar-refractivity contribution in [2.75, 3.05) is 0 Å². The summed E-state index contributed by atoms with van der Waals surface area (Å²) in [5, 5.41) is 0.258. The average Bonchev–Trinajstić information content (AvgIpc) is 2.31. The first kappa shape index (κ1) is 21.7. The Hall–Kier alpha value is -0.306. The first-order valence-electron chi connectivity index (χ1n) is 8.76. The Balaban J connectivity index is 4.89. The second-order valence-electron chi connectivity index (χ2n) is 8.79. The molecule has 0 aliphatic carbocycles. The SMILES string of the molecule is CCCCCC(/C=C\C#C[Si](C)(C)C)O[Si](C)(C)C(C)(C)C. The summed E-state index contributed by atoms with van der Waals surface area (Å²) in [5.74, 6) is 3.24. The van der Waals surface area contributed by atoms with Crippen molar-refractivity contribution in [2.24, 2.45) is 0 Å². The zero-order valence-electron chi connectivity index (χ0n) is 16.5. The van der Waals surface area contributed by atoms with Crippen LogP contribution in [0.2, 0.25) is 37.8 Å². The summed E-state index contributed by atoms with van der Waals surface area (Å²) in [4.78, 5) is 0. The van der Waals surface area contributed by atoms with Crippen LogP contribution in [0.4, 0.5) is 0 Å². The van der Waals surface area contributed by atoms with E-state index in [1.807, 2.05) is 6.08 Å². The second kappa shape index (κ2) is 9.10. The lowest BCUT2D eigenvalue weighted by Gasteiger charge is -2.38. The fourth-order valence-electron chi connectivity index (χ4n) is 1.76. The van der Waals surface area contributed by atoms with Crippen LogP contribution in [0.3, 0.4) is 0 Å². The predicted molar refractivity (Wildman–Crippen MR) is 106 cm³/mol. The minimum atomic E-state index is -1.72. The predicted octanol–water partition coefficient (Wildman–Crippen LogP) is 6.39. The van der Waals surface area contributed by atoms with Crippen molar-refractivity contribution in [3.05, 3.63) is 12.2 Å². The van der Waals surface area contributed by atoms with Crippen LogP contribution in [0.5, 0.6) is 0 Å². The smallest absolute Gasteiger partial charge is 0.192 e. The molecule has 0 aliphatic heterocycles. The Kier molecular flexibility index (Phi) is 8.98. The van der Waals surface area contributed by atoms with E-state index in [9.17, 15) is 0 Å². The molecule has 0 rings (SSSR count). The third-order valence-corrected chi connectivity index (χ3v) is 9.58. The van der Waals surface area contributed by atoms with Crippen LogP contribution in [0.1, 0.15) is 53.4 Å². The highest BCUT2D eigenvalue weighted by atomic mass is 28.4. The first-order valence-corrected chi connectivity index (χ1v) is 15.2. The van der Waals surface area contributed by atoms with Gasteiger partial charge in [0.15, 0.2) is 8.32 Å². The zero-order valence-corrected chi connectivity index (χ0v) is 18.5. The van der Waals surface area contributed by atoms with Gasteiger partial charge in [-0.1, -0.05) is 72.5 Å². The van der Waals surface area contributed by atoms with Gasteiger partial charge in [-0.3, -0.25) is 0 Å². The monoisotopic (exact) mass is 338 g/mol. The average molecular weight is 339 g/mol. The number of hydrogen-bond acceptors (Lipinski definition) is 1. The van der Waals surface area contributed by atoms with Gasteiger partial charge in [0, 0.05) is 0 Å². The summed E-state index contributed by atoms with van der Waals surface area (Å²) in [7, 11) is -3.00. The molecule has 0 saturated heterocycles. The first-order chi connectivity index (χ1) is 9.89. The maximum absolute atomic E-state index is 6.58. The molecule has 0 amide bonds. The molecule has 0 bridgehead atoms. The molecule has 1 nitrogen and oxygen atoms in total. The lowest BCUT2D eigenvalue weighted by molar-refractivity contribution is 0.211. The molecule has 0 aliphatic rings. The zero-order chi connectivity index (χ0) is 17.4. The highest BCUT2D eigenvalue weighted by Gasteiger charge is 2.38. The third-order valence-electron chi connectivity index (χ3n) is 4.19. The normalized spacial score (nSPS) is 14.8. The second-order valence-corrected chi connectivity index (χ2v) is 18.3. The molecule has 3 heteroatoms. The van der Waals surface area contributed by atoms with Gasteiger partial charge in [-0.15, -0.1) is 5.54 Å². The van der Waals surface area contributed by atoms with Gasteiger partial charge in [-0.05, 0) is 36.7 Å². The largest absolute Gasteiger partial charge is 0.411 e. The van der Waals surface area contributed by atoms with E-state index in [2.05, 4.69) is 78.0 Å². The van der Waals surface area contributed by atoms with Gasteiger partial charge < -0.3 is 4.43 Å². The van der Waals surface area contributed by atoms with E-state index < -0.39 is 16.4 Å². The van der Waals surface area contributed by atoms with Crippen molar-refractivity contribution in [1.29, 1.82) is 0 Å². The van der Waals surface area contributed by atoms with Crippen LogP contribution in [0.15, 0.2) is 12.2 Å². The van der Waals surface area contributed by atoms with E-state index in [-0.39, 0.29) is 11.1 Å². The molecule has 0 aromatic carbocycles. The summed E-state index contributed by atoms with van der Waals surface area (Å²) in [5.41, 5.74) is 3.40. The summed E-state index contributed by atoms with van der Waals surface area (Å²) in [6.07, 6.45) is 9.35. The van der Waals surface area contributed by atoms with Crippen LogP contribution < -0.4 is 0 Å². The van der Waals surface area contributed by atoms with Crippen molar-refractivity contribution in [1.82, 2.24) is 0 Å². The molecule has 0 aromatic heterocycles. The van der Waals surface area contributed by atoms with Gasteiger partial charge >= 0.3 is 0 Å². The molecular weight excluding hydrogens is 300 g/mol. The molecule has 128 valence electrons. The van der Waals surface area contributed by atoms with E-state index in [4.69, 9.17) is 4.43 Å². The lowest BCUT2D eigenvalue weighted by atomic mass is 10.1. The molecule has 0 aromatic rings. The molecule has 0 fully saturated rings. The minimum Gasteiger partial charge on any atom is -0.411 e. The van der Waals surface area contributed by atoms with Crippen molar-refractivity contribution in [3.63, 3.8) is 0 Å². The van der Waals surface area contributed by atoms with Gasteiger partial charge in [0.1, 0.15) is 8.07 Å². The summed E-state index contributed by atoms with van der Waals surface area (Å²) >= 11 is 0. The van der Waals surface area contributed by atoms with Crippen LogP contribution >= 0.6 is 0 Å². The van der Waals surface area contributed by atoms with Crippen LogP contribution in [0.25, 0.3) is 0 Å². The minimum absolute atomic E-state index is 0.225. The fourth-order valence-corrected chi connectivity index (χ4v) is 3.58. The summed E-state index contributed by atoms with van der Waals surface area (Å²) in [6, 6.07) is 0. The van der Waals surface area contributed by atoms with Gasteiger partial charge in [0.2, 0.25) is 0 Å². The van der Waals surface area contributed by atoms with Crippen LogP contribution in [0, 0.1) is 11.5 Å². The molecule has 22 heavy (non-hydrogen) atoms. The van der Waals surface area contributed by atoms with E-state index >= 15 is 0 Å². The fraction of sp³-hybridized carbons (Fsp3) is 0.789. The van der Waals surface area contributed by atoms with Gasteiger partial charge in [-0.25, -0.2) is 0 Å². The molecule has 0 saturated carbocycles. The molecule has 0 spiro atoms. The van der Waals surface area contributed by atoms with Gasteiger partial charge in [-0.2, -0.15) is 0 Å². The molecule has 1 unspecified atom stereocenters. The number of unbranched alkanes of at least 4 members (excludes halogenated alkanes) is 2. The van der Waals surface area contributed by atoms with Crippen LogP contribution in [-0.4, -0.2) is 22.5 Å².